The Balaban J connectivity index is 0.000000505. The van der Waals surface area contributed by atoms with Gasteiger partial charge in [0.2, 0.25) is 5.91 Å². The minimum atomic E-state index is -1.82. The Kier molecular flexibility index (Phi) is 8.77. The average Bonchev–Trinajstić information content (AvgIpc) is 2.92. The van der Waals surface area contributed by atoms with Crippen molar-refractivity contribution in [3.63, 3.8) is 0 Å². The highest BCUT2D eigenvalue weighted by molar-refractivity contribution is 8.00. The van der Waals surface area contributed by atoms with E-state index in [1.165, 1.54) is 11.8 Å². The van der Waals surface area contributed by atoms with Crippen LogP contribution in [0.25, 0.3) is 10.9 Å². The summed E-state index contributed by atoms with van der Waals surface area (Å²) in [7, 11) is 0. The van der Waals surface area contributed by atoms with E-state index in [1.807, 2.05) is 35.2 Å². The van der Waals surface area contributed by atoms with Gasteiger partial charge in [-0.1, -0.05) is 24.3 Å². The molecule has 0 saturated carbocycles. The Labute approximate surface area is 222 Å². The summed E-state index contributed by atoms with van der Waals surface area (Å²) in [4.78, 5) is 52.2. The molecule has 38 heavy (non-hydrogen) atoms. The molecule has 3 N–H and O–H groups in total. The molecule has 0 unspecified atom stereocenters. The van der Waals surface area contributed by atoms with Crippen molar-refractivity contribution in [3.05, 3.63) is 60.3 Å². The van der Waals surface area contributed by atoms with Gasteiger partial charge in [0.25, 0.3) is 5.91 Å². The van der Waals surface area contributed by atoms with Crippen LogP contribution in [0.15, 0.2) is 59.5 Å². The molecule has 0 spiro atoms. The molecule has 1 aromatic heterocycles. The van der Waals surface area contributed by atoms with Crippen molar-refractivity contribution in [2.45, 2.75) is 11.4 Å². The largest absolute Gasteiger partial charge is 0.484 e. The normalized spacial score (nSPS) is 15.1. The number of hydrogen-bond acceptors (Lipinski definition) is 8. The molecule has 0 aliphatic carbocycles. The number of hydrogen-bond donors (Lipinski definition) is 3. The second kappa shape index (κ2) is 12.4. The van der Waals surface area contributed by atoms with E-state index in [1.54, 1.807) is 6.07 Å². The first-order valence-corrected chi connectivity index (χ1v) is 12.8. The Morgan fingerprint density at radius 3 is 2.45 bits per heavy atom. The third-order valence-electron chi connectivity index (χ3n) is 5.90. The summed E-state index contributed by atoms with van der Waals surface area (Å²) < 4.78 is 5.74. The van der Waals surface area contributed by atoms with E-state index in [-0.39, 0.29) is 18.4 Å². The number of carbonyl (C=O) groups is 4. The van der Waals surface area contributed by atoms with Crippen molar-refractivity contribution in [2.75, 3.05) is 43.9 Å². The zero-order chi connectivity index (χ0) is 27.1. The maximum absolute atomic E-state index is 12.6. The molecule has 3 heterocycles. The Morgan fingerprint density at radius 1 is 0.974 bits per heavy atom. The number of carboxylic acid groups (broad SMARTS) is 2. The molecular weight excluding hydrogens is 512 g/mol. The van der Waals surface area contributed by atoms with Crippen LogP contribution in [0, 0.1) is 0 Å². The molecule has 0 bridgehead atoms. The Bertz CT molecular complexity index is 1350. The highest BCUT2D eigenvalue weighted by Crippen LogP contribution is 2.34. The molecule has 2 aliphatic rings. The summed E-state index contributed by atoms with van der Waals surface area (Å²) in [6, 6.07) is 17.8. The topological polar surface area (TPSA) is 149 Å². The number of fused-ring (bicyclic) bond motifs is 2. The first kappa shape index (κ1) is 26.9. The number of ether oxygens (including phenoxy) is 1. The van der Waals surface area contributed by atoms with Crippen molar-refractivity contribution in [1.82, 2.24) is 14.8 Å². The first-order chi connectivity index (χ1) is 18.3. The third kappa shape index (κ3) is 7.20. The molecule has 0 atom stereocenters. The number of piperazine rings is 1. The van der Waals surface area contributed by atoms with Gasteiger partial charge in [-0.2, -0.15) is 0 Å². The summed E-state index contributed by atoms with van der Waals surface area (Å²) in [5, 5.41) is 18.8. The number of nitrogens with zero attached hydrogens (tertiary/aromatic N) is 3. The second-order valence-corrected chi connectivity index (χ2v) is 9.56. The van der Waals surface area contributed by atoms with E-state index >= 15 is 0 Å². The van der Waals surface area contributed by atoms with Crippen LogP contribution in [0.5, 0.6) is 5.75 Å². The van der Waals surface area contributed by atoms with Gasteiger partial charge in [-0.25, -0.2) is 9.59 Å². The minimum absolute atomic E-state index is 0.00175. The average molecular weight is 539 g/mol. The summed E-state index contributed by atoms with van der Waals surface area (Å²) in [6.07, 6.45) is 0. The summed E-state index contributed by atoms with van der Waals surface area (Å²) in [5.41, 5.74) is 2.86. The smallest absolute Gasteiger partial charge is 0.414 e. The van der Waals surface area contributed by atoms with Gasteiger partial charge < -0.3 is 25.2 Å². The quantitative estimate of drug-likeness (QED) is 0.413. The zero-order valence-electron chi connectivity index (χ0n) is 20.3. The van der Waals surface area contributed by atoms with Crippen LogP contribution in [0.1, 0.15) is 5.69 Å². The van der Waals surface area contributed by atoms with E-state index < -0.39 is 11.9 Å². The lowest BCUT2D eigenvalue weighted by atomic mass is 10.2. The summed E-state index contributed by atoms with van der Waals surface area (Å²) in [6.45, 7) is 3.79. The van der Waals surface area contributed by atoms with Gasteiger partial charge in [-0.3, -0.25) is 19.5 Å². The molecule has 2 aromatic carbocycles. The van der Waals surface area contributed by atoms with Gasteiger partial charge >= 0.3 is 11.9 Å². The molecule has 11 nitrogen and oxygen atoms in total. The summed E-state index contributed by atoms with van der Waals surface area (Å²) >= 11 is 1.48. The number of aromatic nitrogens is 1. The first-order valence-electron chi connectivity index (χ1n) is 11.8. The molecule has 5 rings (SSSR count). The van der Waals surface area contributed by atoms with E-state index in [9.17, 15) is 9.59 Å². The lowest BCUT2D eigenvalue weighted by Gasteiger charge is -2.34. The lowest BCUT2D eigenvalue weighted by Crippen LogP contribution is -2.49. The van der Waals surface area contributed by atoms with Crippen molar-refractivity contribution in [3.8, 4) is 5.75 Å². The molecule has 2 aliphatic heterocycles. The highest BCUT2D eigenvalue weighted by Gasteiger charge is 2.22. The number of benzene rings is 2. The van der Waals surface area contributed by atoms with E-state index in [2.05, 4.69) is 28.4 Å². The van der Waals surface area contributed by atoms with E-state index in [0.717, 1.165) is 46.8 Å². The fourth-order valence-electron chi connectivity index (χ4n) is 3.96. The van der Waals surface area contributed by atoms with Crippen LogP contribution in [-0.4, -0.2) is 87.3 Å². The number of carboxylic acids is 2. The standard InChI is InChI=1S/C24H24N4O3S.C2H2O4/c29-23-16-32-22-13-19(7-8-21(22)26-23)31-15-24(30)28-11-9-27(10-12-28)14-18-6-5-17-3-1-2-4-20(17)25-18;3-1(4)2(5)6/h1-8,13H,9-12,14-16H2,(H,26,29);(H,3,4)(H,5,6). The maximum Gasteiger partial charge on any atom is 0.414 e. The van der Waals surface area contributed by atoms with Crippen LogP contribution in [-0.2, 0) is 25.7 Å². The Hall–Kier alpha value is -4.16. The molecule has 1 fully saturated rings. The fraction of sp³-hybridized carbons (Fsp3) is 0.269. The predicted octanol–water partition coefficient (Wildman–Crippen LogP) is 2.16. The van der Waals surface area contributed by atoms with Crippen molar-refractivity contribution < 1.29 is 34.1 Å². The monoisotopic (exact) mass is 538 g/mol. The van der Waals surface area contributed by atoms with Crippen molar-refractivity contribution in [1.29, 1.82) is 0 Å². The van der Waals surface area contributed by atoms with Crippen molar-refractivity contribution >= 4 is 52.1 Å². The van der Waals surface area contributed by atoms with Gasteiger partial charge in [0.1, 0.15) is 5.75 Å². The second-order valence-electron chi connectivity index (χ2n) is 8.55. The Morgan fingerprint density at radius 2 is 1.71 bits per heavy atom. The molecule has 0 radical (unpaired) electrons. The lowest BCUT2D eigenvalue weighted by molar-refractivity contribution is -0.159. The number of anilines is 1. The molecule has 2 amide bonds. The fourth-order valence-corrected chi connectivity index (χ4v) is 4.79. The van der Waals surface area contributed by atoms with Crippen LogP contribution in [0.4, 0.5) is 5.69 Å². The molecular formula is C26H26N4O7S. The molecule has 12 heteroatoms. The van der Waals surface area contributed by atoms with Gasteiger partial charge in [0.05, 0.1) is 22.7 Å². The summed E-state index contributed by atoms with van der Waals surface area (Å²) in [5.74, 6) is -2.62. The molecule has 1 saturated heterocycles. The van der Waals surface area contributed by atoms with Crippen LogP contribution < -0.4 is 10.1 Å². The van der Waals surface area contributed by atoms with Gasteiger partial charge in [-0.15, -0.1) is 11.8 Å². The van der Waals surface area contributed by atoms with Crippen LogP contribution in [0.2, 0.25) is 0 Å². The van der Waals surface area contributed by atoms with E-state index in [4.69, 9.17) is 29.5 Å². The van der Waals surface area contributed by atoms with Gasteiger partial charge in [-0.05, 0) is 30.3 Å². The maximum atomic E-state index is 12.6. The third-order valence-corrected chi connectivity index (χ3v) is 6.95. The number of amides is 2. The van der Waals surface area contributed by atoms with Gasteiger partial charge in [0.15, 0.2) is 6.61 Å². The molecule has 3 aromatic rings. The number of aliphatic carboxylic acids is 2. The number of carbonyl (C=O) groups excluding carboxylic acids is 2. The number of para-hydroxylation sites is 1. The predicted molar refractivity (Wildman–Crippen MR) is 140 cm³/mol. The SMILES string of the molecule is O=C(O)C(=O)O.O=C1CSc2cc(OCC(=O)N3CCN(Cc4ccc5ccccc5n4)CC3)ccc2N1. The highest BCUT2D eigenvalue weighted by atomic mass is 32.2. The zero-order valence-corrected chi connectivity index (χ0v) is 21.1. The van der Waals surface area contributed by atoms with Crippen LogP contribution in [0.3, 0.4) is 0 Å². The minimum Gasteiger partial charge on any atom is -0.484 e. The number of nitrogens with one attached hydrogen (secondary N) is 1. The number of pyridine rings is 1. The van der Waals surface area contributed by atoms with E-state index in [0.29, 0.717) is 24.6 Å². The number of thioether (sulfide) groups is 1. The van der Waals surface area contributed by atoms with Crippen molar-refractivity contribution in [2.24, 2.45) is 0 Å². The van der Waals surface area contributed by atoms with Crippen LogP contribution >= 0.6 is 11.8 Å². The number of rotatable bonds is 5. The van der Waals surface area contributed by atoms with Gasteiger partial charge in [0, 0.05) is 43.0 Å². The molecule has 198 valence electrons.